The van der Waals surface area contributed by atoms with Gasteiger partial charge in [-0.1, -0.05) is 22.3 Å². The van der Waals surface area contributed by atoms with Crippen LogP contribution in [0.2, 0.25) is 0 Å². The molecule has 90 valence electrons. The second-order valence-corrected chi connectivity index (χ2v) is 6.12. The highest BCUT2D eigenvalue weighted by atomic mass is 31.1. The quantitative estimate of drug-likeness (QED) is 0.610. The summed E-state index contributed by atoms with van der Waals surface area (Å²) in [6.45, 7) is 6.42. The summed E-state index contributed by atoms with van der Waals surface area (Å²) in [5.74, 6) is 0. The molecule has 1 aromatic carbocycles. The molecule has 1 aliphatic heterocycles. The number of ether oxygens (including phenoxy) is 1. The van der Waals surface area contributed by atoms with E-state index in [9.17, 15) is 9.36 Å². The SMILES string of the molecule is Cc1cc(C)c(C(=O)[P+](=O)CC2CO2)c(C)c1. The summed E-state index contributed by atoms with van der Waals surface area (Å²) in [6.07, 6.45) is 0.398. The lowest BCUT2D eigenvalue weighted by atomic mass is 10.0. The summed E-state index contributed by atoms with van der Waals surface area (Å²) in [6, 6.07) is 3.91. The van der Waals surface area contributed by atoms with Crippen molar-refractivity contribution in [3.05, 3.63) is 34.4 Å². The van der Waals surface area contributed by atoms with Gasteiger partial charge in [0.25, 0.3) is 0 Å². The molecule has 0 bridgehead atoms. The van der Waals surface area contributed by atoms with Crippen LogP contribution >= 0.6 is 7.80 Å². The smallest absolute Gasteiger partial charge is 0.368 e. The molecule has 1 saturated heterocycles. The van der Waals surface area contributed by atoms with Crippen LogP contribution in [0, 0.1) is 20.8 Å². The minimum absolute atomic E-state index is 0.0358. The highest BCUT2D eigenvalue weighted by Gasteiger charge is 2.39. The first-order valence-corrected chi connectivity index (χ1v) is 7.12. The van der Waals surface area contributed by atoms with Crippen LogP contribution in [-0.2, 0) is 9.30 Å². The zero-order chi connectivity index (χ0) is 12.6. The molecule has 4 heteroatoms. The van der Waals surface area contributed by atoms with Gasteiger partial charge < -0.3 is 4.74 Å². The van der Waals surface area contributed by atoms with E-state index >= 15 is 0 Å². The van der Waals surface area contributed by atoms with Crippen molar-refractivity contribution in [2.24, 2.45) is 0 Å². The minimum Gasteiger partial charge on any atom is -0.368 e. The molecule has 2 atom stereocenters. The van der Waals surface area contributed by atoms with Crippen LogP contribution in [0.15, 0.2) is 12.1 Å². The number of hydrogen-bond acceptors (Lipinski definition) is 3. The summed E-state index contributed by atoms with van der Waals surface area (Å²) >= 11 is 0. The van der Waals surface area contributed by atoms with Gasteiger partial charge in [0.05, 0.1) is 12.2 Å². The topological polar surface area (TPSA) is 46.7 Å². The summed E-state index contributed by atoms with van der Waals surface area (Å²) in [5, 5.41) is 0. The normalized spacial score (nSPS) is 19.0. The molecule has 0 N–H and O–H groups in total. The van der Waals surface area contributed by atoms with Gasteiger partial charge in [0.1, 0.15) is 6.10 Å². The Bertz CT molecular complexity index is 466. The third-order valence-corrected chi connectivity index (χ3v) is 4.30. The van der Waals surface area contributed by atoms with Crippen molar-refractivity contribution in [1.82, 2.24) is 0 Å². The first kappa shape index (κ1) is 12.4. The zero-order valence-corrected chi connectivity index (χ0v) is 11.2. The van der Waals surface area contributed by atoms with Crippen molar-refractivity contribution in [1.29, 1.82) is 0 Å². The fourth-order valence-electron chi connectivity index (χ4n) is 2.08. The largest absolute Gasteiger partial charge is 0.422 e. The molecule has 0 aliphatic carbocycles. The average Bonchev–Trinajstić information content (AvgIpc) is 2.99. The Kier molecular flexibility index (Phi) is 3.41. The van der Waals surface area contributed by atoms with Gasteiger partial charge in [-0.15, -0.1) is 0 Å². The van der Waals surface area contributed by atoms with Gasteiger partial charge in [-0.2, -0.15) is 0 Å². The number of rotatable bonds is 4. The number of benzene rings is 1. The van der Waals surface area contributed by atoms with E-state index in [4.69, 9.17) is 4.74 Å². The van der Waals surface area contributed by atoms with Crippen LogP contribution in [0.4, 0.5) is 0 Å². The number of epoxide rings is 1. The molecule has 1 aromatic rings. The number of carbonyl (C=O) groups excluding carboxylic acids is 1. The van der Waals surface area contributed by atoms with Crippen molar-refractivity contribution in [3.8, 4) is 0 Å². The number of hydrogen-bond donors (Lipinski definition) is 0. The van der Waals surface area contributed by atoms with Crippen molar-refractivity contribution < 1.29 is 14.1 Å². The van der Waals surface area contributed by atoms with Crippen LogP contribution < -0.4 is 0 Å². The molecule has 17 heavy (non-hydrogen) atoms. The second kappa shape index (κ2) is 4.67. The maximum atomic E-state index is 12.1. The lowest BCUT2D eigenvalue weighted by Gasteiger charge is -2.05. The highest BCUT2D eigenvalue weighted by Crippen LogP contribution is 2.34. The first-order valence-electron chi connectivity index (χ1n) is 5.67. The molecule has 2 rings (SSSR count). The Hall–Kier alpha value is -1.05. The maximum absolute atomic E-state index is 12.1. The van der Waals surface area contributed by atoms with E-state index in [0.717, 1.165) is 16.7 Å². The monoisotopic (exact) mass is 251 g/mol. The van der Waals surface area contributed by atoms with Crippen LogP contribution in [0.25, 0.3) is 0 Å². The molecular weight excluding hydrogens is 235 g/mol. The first-order chi connectivity index (χ1) is 7.99. The molecular formula is C13H16O3P+. The summed E-state index contributed by atoms with van der Waals surface area (Å²) in [5.41, 5.74) is 3.33. The van der Waals surface area contributed by atoms with Crippen LogP contribution in [0.5, 0.6) is 0 Å². The number of aryl methyl sites for hydroxylation is 3. The Morgan fingerprint density at radius 2 is 1.88 bits per heavy atom. The van der Waals surface area contributed by atoms with Crippen molar-refractivity contribution in [2.45, 2.75) is 26.9 Å². The van der Waals surface area contributed by atoms with E-state index in [1.165, 1.54) is 0 Å². The van der Waals surface area contributed by atoms with E-state index < -0.39 is 7.80 Å². The predicted molar refractivity (Wildman–Crippen MR) is 67.2 cm³/mol. The summed E-state index contributed by atoms with van der Waals surface area (Å²) in [7, 11) is -1.85. The molecule has 1 heterocycles. The van der Waals surface area contributed by atoms with E-state index in [2.05, 4.69) is 0 Å². The second-order valence-electron chi connectivity index (χ2n) is 4.60. The van der Waals surface area contributed by atoms with Crippen molar-refractivity contribution >= 4 is 13.3 Å². The molecule has 0 aromatic heterocycles. The van der Waals surface area contributed by atoms with Gasteiger partial charge in [-0.3, -0.25) is 0 Å². The highest BCUT2D eigenvalue weighted by molar-refractivity contribution is 7.64. The molecule has 0 spiro atoms. The van der Waals surface area contributed by atoms with Gasteiger partial charge in [-0.25, -0.2) is 4.79 Å². The fourth-order valence-corrected chi connectivity index (χ4v) is 3.43. The third-order valence-electron chi connectivity index (χ3n) is 2.89. The third kappa shape index (κ3) is 2.80. The molecule has 0 amide bonds. The Morgan fingerprint density at radius 3 is 2.35 bits per heavy atom. The van der Waals surface area contributed by atoms with Gasteiger partial charge in [0.2, 0.25) is 0 Å². The van der Waals surface area contributed by atoms with Crippen molar-refractivity contribution in [2.75, 3.05) is 12.8 Å². The van der Waals surface area contributed by atoms with Crippen LogP contribution in [-0.4, -0.2) is 24.4 Å². The van der Waals surface area contributed by atoms with Crippen LogP contribution in [0.3, 0.4) is 0 Å². The molecule has 2 unspecified atom stereocenters. The van der Waals surface area contributed by atoms with Gasteiger partial charge in [0, 0.05) is 0 Å². The Morgan fingerprint density at radius 1 is 1.35 bits per heavy atom. The Balaban J connectivity index is 2.26. The lowest BCUT2D eigenvalue weighted by molar-refractivity contribution is 0.107. The van der Waals surface area contributed by atoms with Gasteiger partial charge >= 0.3 is 13.3 Å². The summed E-state index contributed by atoms with van der Waals surface area (Å²) in [4.78, 5) is 12.1. The Labute approximate surface area is 102 Å². The molecule has 0 radical (unpaired) electrons. The van der Waals surface area contributed by atoms with E-state index in [1.807, 2.05) is 32.9 Å². The van der Waals surface area contributed by atoms with E-state index in [-0.39, 0.29) is 11.6 Å². The fraction of sp³-hybridized carbons (Fsp3) is 0.462. The molecule has 1 aliphatic rings. The maximum Gasteiger partial charge on any atom is 0.422 e. The lowest BCUT2D eigenvalue weighted by Crippen LogP contribution is -2.04. The molecule has 3 nitrogen and oxygen atoms in total. The van der Waals surface area contributed by atoms with Gasteiger partial charge in [-0.05, 0) is 31.9 Å². The summed E-state index contributed by atoms with van der Waals surface area (Å²) < 4.78 is 16.9. The van der Waals surface area contributed by atoms with E-state index in [1.54, 1.807) is 0 Å². The molecule has 0 saturated carbocycles. The van der Waals surface area contributed by atoms with Gasteiger partial charge in [0.15, 0.2) is 6.16 Å². The minimum atomic E-state index is -1.85. The van der Waals surface area contributed by atoms with Crippen LogP contribution in [0.1, 0.15) is 27.0 Å². The zero-order valence-electron chi connectivity index (χ0n) is 10.3. The number of carbonyl (C=O) groups is 1. The predicted octanol–water partition coefficient (Wildman–Crippen LogP) is 2.98. The molecule has 1 fully saturated rings. The average molecular weight is 251 g/mol. The van der Waals surface area contributed by atoms with E-state index in [0.29, 0.717) is 18.3 Å². The van der Waals surface area contributed by atoms with Crippen molar-refractivity contribution in [3.63, 3.8) is 0 Å². The standard InChI is InChI=1S/C13H16O3P/c1-8-4-9(2)12(10(3)5-8)13(14)17(15)7-11-6-16-11/h4-5,11H,6-7H2,1-3H3/q+1.